The number of aromatic nitrogens is 2. The number of amides is 2. The van der Waals surface area contributed by atoms with E-state index in [-0.39, 0.29) is 18.4 Å². The van der Waals surface area contributed by atoms with E-state index >= 15 is 0 Å². The average Bonchev–Trinajstić information content (AvgIpc) is 3.05. The summed E-state index contributed by atoms with van der Waals surface area (Å²) in [6, 6.07) is 9.34. The van der Waals surface area contributed by atoms with Gasteiger partial charge in [0.15, 0.2) is 5.82 Å². The summed E-state index contributed by atoms with van der Waals surface area (Å²) >= 11 is 0. The van der Waals surface area contributed by atoms with Gasteiger partial charge in [-0.25, -0.2) is 0 Å². The molecule has 0 radical (unpaired) electrons. The summed E-state index contributed by atoms with van der Waals surface area (Å²) < 4.78 is 1.73. The standard InChI is InChI=1S/C17H20N4O2/c1-4-20-10-9-14(19-20)18-15(22)11-21-13-8-6-5-7-12(13)17(2,3)16(21)23/h5-10H,4,11H2,1-3H3,(H,18,19,22). The van der Waals surface area contributed by atoms with Crippen molar-refractivity contribution in [3.8, 4) is 0 Å². The van der Waals surface area contributed by atoms with E-state index in [9.17, 15) is 9.59 Å². The number of hydrogen-bond acceptors (Lipinski definition) is 3. The molecule has 0 saturated carbocycles. The fraction of sp³-hybridized carbons (Fsp3) is 0.353. The molecule has 0 atom stereocenters. The van der Waals surface area contributed by atoms with E-state index in [4.69, 9.17) is 0 Å². The topological polar surface area (TPSA) is 67.2 Å². The molecule has 0 spiro atoms. The molecule has 6 heteroatoms. The maximum Gasteiger partial charge on any atom is 0.245 e. The first-order valence-corrected chi connectivity index (χ1v) is 7.68. The van der Waals surface area contributed by atoms with E-state index in [1.165, 1.54) is 0 Å². The van der Waals surface area contributed by atoms with Crippen LogP contribution >= 0.6 is 0 Å². The van der Waals surface area contributed by atoms with Gasteiger partial charge in [0, 0.05) is 24.5 Å². The molecule has 0 aliphatic carbocycles. The summed E-state index contributed by atoms with van der Waals surface area (Å²) in [5.41, 5.74) is 1.14. The van der Waals surface area contributed by atoms with Gasteiger partial charge in [0.25, 0.3) is 0 Å². The summed E-state index contributed by atoms with van der Waals surface area (Å²) in [6.45, 7) is 6.46. The quantitative estimate of drug-likeness (QED) is 0.941. The van der Waals surface area contributed by atoms with Crippen LogP contribution in [0.15, 0.2) is 36.5 Å². The summed E-state index contributed by atoms with van der Waals surface area (Å²) in [5, 5.41) is 6.95. The molecule has 2 aromatic rings. The zero-order chi connectivity index (χ0) is 16.6. The molecule has 1 aromatic heterocycles. The Morgan fingerprint density at radius 3 is 2.70 bits per heavy atom. The molecule has 2 heterocycles. The van der Waals surface area contributed by atoms with Crippen LogP contribution in [0, 0.1) is 0 Å². The third kappa shape index (κ3) is 2.60. The molecule has 0 bridgehead atoms. The van der Waals surface area contributed by atoms with Crippen LogP contribution < -0.4 is 10.2 Å². The number of rotatable bonds is 4. The minimum absolute atomic E-state index is 0.0156. The highest BCUT2D eigenvalue weighted by Crippen LogP contribution is 2.40. The monoisotopic (exact) mass is 312 g/mol. The molecule has 120 valence electrons. The summed E-state index contributed by atoms with van der Waals surface area (Å²) in [7, 11) is 0. The van der Waals surface area contributed by atoms with Gasteiger partial charge in [0.1, 0.15) is 6.54 Å². The largest absolute Gasteiger partial charge is 0.308 e. The van der Waals surface area contributed by atoms with Crippen LogP contribution in [0.5, 0.6) is 0 Å². The second kappa shape index (κ2) is 5.53. The summed E-state index contributed by atoms with van der Waals surface area (Å²) in [5.74, 6) is 0.177. The molecule has 1 aliphatic heterocycles. The van der Waals surface area contributed by atoms with Crippen LogP contribution in [-0.4, -0.2) is 28.1 Å². The first kappa shape index (κ1) is 15.3. The van der Waals surface area contributed by atoms with Crippen molar-refractivity contribution in [1.29, 1.82) is 0 Å². The van der Waals surface area contributed by atoms with E-state index in [0.717, 1.165) is 17.8 Å². The number of fused-ring (bicyclic) bond motifs is 1. The number of para-hydroxylation sites is 1. The van der Waals surface area contributed by atoms with Gasteiger partial charge in [-0.2, -0.15) is 5.10 Å². The van der Waals surface area contributed by atoms with Crippen LogP contribution in [-0.2, 0) is 21.5 Å². The van der Waals surface area contributed by atoms with Crippen LogP contribution in [0.1, 0.15) is 26.3 Å². The van der Waals surface area contributed by atoms with Crippen molar-refractivity contribution >= 4 is 23.3 Å². The first-order valence-electron chi connectivity index (χ1n) is 7.68. The summed E-state index contributed by atoms with van der Waals surface area (Å²) in [6.07, 6.45) is 1.80. The van der Waals surface area contributed by atoms with E-state index in [0.29, 0.717) is 5.82 Å². The van der Waals surface area contributed by atoms with Crippen molar-refractivity contribution in [2.75, 3.05) is 16.8 Å². The molecule has 3 rings (SSSR count). The highest BCUT2D eigenvalue weighted by molar-refractivity contribution is 6.11. The number of aryl methyl sites for hydroxylation is 1. The second-order valence-electron chi connectivity index (χ2n) is 6.14. The van der Waals surface area contributed by atoms with E-state index < -0.39 is 5.41 Å². The lowest BCUT2D eigenvalue weighted by Crippen LogP contribution is -2.40. The van der Waals surface area contributed by atoms with Gasteiger partial charge in [-0.15, -0.1) is 0 Å². The highest BCUT2D eigenvalue weighted by Gasteiger charge is 2.44. The Morgan fingerprint density at radius 2 is 2.00 bits per heavy atom. The number of carbonyl (C=O) groups is 2. The Balaban J connectivity index is 1.77. The van der Waals surface area contributed by atoms with Gasteiger partial charge in [0.05, 0.1) is 5.41 Å². The Kier molecular flexibility index (Phi) is 3.67. The number of nitrogens with one attached hydrogen (secondary N) is 1. The van der Waals surface area contributed by atoms with Crippen LogP contribution in [0.4, 0.5) is 11.5 Å². The highest BCUT2D eigenvalue weighted by atomic mass is 16.2. The molecule has 6 nitrogen and oxygen atoms in total. The number of carbonyl (C=O) groups excluding carboxylic acids is 2. The molecular weight excluding hydrogens is 292 g/mol. The maximum atomic E-state index is 12.6. The van der Waals surface area contributed by atoms with E-state index in [1.807, 2.05) is 45.0 Å². The minimum Gasteiger partial charge on any atom is -0.308 e. The van der Waals surface area contributed by atoms with Crippen LogP contribution in [0.25, 0.3) is 0 Å². The van der Waals surface area contributed by atoms with E-state index in [1.54, 1.807) is 21.8 Å². The van der Waals surface area contributed by atoms with Crippen molar-refractivity contribution in [3.05, 3.63) is 42.1 Å². The Labute approximate surface area is 135 Å². The zero-order valence-corrected chi connectivity index (χ0v) is 13.5. The molecule has 1 N–H and O–H groups in total. The molecule has 1 aliphatic rings. The fourth-order valence-electron chi connectivity index (χ4n) is 2.89. The molecule has 1 aromatic carbocycles. The second-order valence-corrected chi connectivity index (χ2v) is 6.14. The fourth-order valence-corrected chi connectivity index (χ4v) is 2.89. The normalized spacial score (nSPS) is 15.6. The zero-order valence-electron chi connectivity index (χ0n) is 13.5. The number of nitrogens with zero attached hydrogens (tertiary/aromatic N) is 3. The Morgan fingerprint density at radius 1 is 1.26 bits per heavy atom. The molecule has 2 amide bonds. The molecular formula is C17H20N4O2. The van der Waals surface area contributed by atoms with Crippen molar-refractivity contribution < 1.29 is 9.59 Å². The lowest BCUT2D eigenvalue weighted by Gasteiger charge is -2.19. The molecule has 23 heavy (non-hydrogen) atoms. The van der Waals surface area contributed by atoms with Crippen molar-refractivity contribution in [2.45, 2.75) is 32.7 Å². The van der Waals surface area contributed by atoms with Crippen molar-refractivity contribution in [2.24, 2.45) is 0 Å². The van der Waals surface area contributed by atoms with Gasteiger partial charge < -0.3 is 10.2 Å². The first-order chi connectivity index (χ1) is 10.9. The average molecular weight is 312 g/mol. The SMILES string of the molecule is CCn1ccc(NC(=O)CN2C(=O)C(C)(C)c3ccccc32)n1. The van der Waals surface area contributed by atoms with E-state index in [2.05, 4.69) is 10.4 Å². The van der Waals surface area contributed by atoms with Crippen molar-refractivity contribution in [1.82, 2.24) is 9.78 Å². The smallest absolute Gasteiger partial charge is 0.245 e. The number of benzene rings is 1. The maximum absolute atomic E-state index is 12.6. The molecule has 0 unspecified atom stereocenters. The van der Waals surface area contributed by atoms with Gasteiger partial charge in [-0.05, 0) is 32.4 Å². The third-order valence-electron chi connectivity index (χ3n) is 4.18. The molecule has 0 fully saturated rings. The number of anilines is 2. The Hall–Kier alpha value is -2.63. The third-order valence-corrected chi connectivity index (χ3v) is 4.18. The lowest BCUT2D eigenvalue weighted by molar-refractivity contribution is -0.124. The predicted molar refractivity (Wildman–Crippen MR) is 88.4 cm³/mol. The lowest BCUT2D eigenvalue weighted by atomic mass is 9.86. The predicted octanol–water partition coefficient (Wildman–Crippen LogP) is 2.17. The number of hydrogen-bond donors (Lipinski definition) is 1. The van der Waals surface area contributed by atoms with Gasteiger partial charge in [-0.3, -0.25) is 14.3 Å². The van der Waals surface area contributed by atoms with Crippen LogP contribution in [0.3, 0.4) is 0 Å². The minimum atomic E-state index is -0.610. The van der Waals surface area contributed by atoms with Gasteiger partial charge in [0.2, 0.25) is 11.8 Å². The molecule has 0 saturated heterocycles. The Bertz CT molecular complexity index is 763. The summed E-state index contributed by atoms with van der Waals surface area (Å²) in [4.78, 5) is 26.5. The van der Waals surface area contributed by atoms with Gasteiger partial charge >= 0.3 is 0 Å². The van der Waals surface area contributed by atoms with Gasteiger partial charge in [-0.1, -0.05) is 18.2 Å². The van der Waals surface area contributed by atoms with Crippen LogP contribution in [0.2, 0.25) is 0 Å². The van der Waals surface area contributed by atoms with Crippen molar-refractivity contribution in [3.63, 3.8) is 0 Å².